The van der Waals surface area contributed by atoms with Gasteiger partial charge in [-0.3, -0.25) is 9.59 Å². The summed E-state index contributed by atoms with van der Waals surface area (Å²) in [5.41, 5.74) is 5.20. The first-order chi connectivity index (χ1) is 19.6. The zero-order valence-electron chi connectivity index (χ0n) is 20.7. The van der Waals surface area contributed by atoms with Gasteiger partial charge in [-0.05, 0) is 36.4 Å². The van der Waals surface area contributed by atoms with E-state index in [4.69, 9.17) is 0 Å². The van der Waals surface area contributed by atoms with Crippen LogP contribution in [0.3, 0.4) is 0 Å². The molecule has 12 nitrogen and oxygen atoms in total. The van der Waals surface area contributed by atoms with E-state index in [1.807, 2.05) is 48.5 Å². The Morgan fingerprint density at radius 1 is 0.575 bits per heavy atom. The molecule has 194 valence electrons. The van der Waals surface area contributed by atoms with Crippen molar-refractivity contribution < 1.29 is 9.59 Å². The number of imidazole rings is 4. The van der Waals surface area contributed by atoms with Gasteiger partial charge in [0.15, 0.2) is 11.6 Å². The van der Waals surface area contributed by atoms with Crippen molar-refractivity contribution in [3.8, 4) is 23.0 Å². The first kappa shape index (κ1) is 23.1. The van der Waals surface area contributed by atoms with Crippen LogP contribution >= 0.6 is 0 Å². The Balaban J connectivity index is 1.14. The third-order valence-corrected chi connectivity index (χ3v) is 6.38. The van der Waals surface area contributed by atoms with Gasteiger partial charge >= 0.3 is 0 Å². The van der Waals surface area contributed by atoms with Crippen molar-refractivity contribution in [1.29, 1.82) is 0 Å². The number of aromatic nitrogens is 8. The molecule has 6 N–H and O–H groups in total. The Bertz CT molecular complexity index is 1820. The van der Waals surface area contributed by atoms with Crippen molar-refractivity contribution in [2.24, 2.45) is 0 Å². The first-order valence-electron chi connectivity index (χ1n) is 12.3. The fraction of sp³-hybridized carbons (Fsp3) is 0. The summed E-state index contributed by atoms with van der Waals surface area (Å²) < 4.78 is 0. The fourth-order valence-corrected chi connectivity index (χ4v) is 4.49. The highest BCUT2D eigenvalue weighted by Crippen LogP contribution is 2.27. The van der Waals surface area contributed by atoms with E-state index in [0.717, 1.165) is 22.1 Å². The lowest BCUT2D eigenvalue weighted by Crippen LogP contribution is -2.18. The van der Waals surface area contributed by atoms with Crippen LogP contribution in [0.2, 0.25) is 0 Å². The highest BCUT2D eigenvalue weighted by atomic mass is 16.2. The predicted molar refractivity (Wildman–Crippen MR) is 150 cm³/mol. The maximum atomic E-state index is 13.3. The second-order valence-corrected chi connectivity index (χ2v) is 8.91. The van der Waals surface area contributed by atoms with Crippen LogP contribution in [-0.4, -0.2) is 51.7 Å². The molecule has 0 bridgehead atoms. The van der Waals surface area contributed by atoms with E-state index in [0.29, 0.717) is 34.4 Å². The highest BCUT2D eigenvalue weighted by Gasteiger charge is 2.22. The SMILES string of the molecule is O=C(Nc1ccccc1NC(=O)c1[nH]cnc1-c1nc2ccccc2[nH]1)c1[nH]cnc1-c1nc2ccccc2[nH]1. The van der Waals surface area contributed by atoms with Gasteiger partial charge in [-0.15, -0.1) is 0 Å². The van der Waals surface area contributed by atoms with E-state index in [9.17, 15) is 9.59 Å². The monoisotopic (exact) mass is 528 g/mol. The molecule has 0 fully saturated rings. The van der Waals surface area contributed by atoms with Gasteiger partial charge in [-0.25, -0.2) is 19.9 Å². The molecule has 0 saturated carbocycles. The van der Waals surface area contributed by atoms with Crippen LogP contribution in [0.4, 0.5) is 11.4 Å². The number of fused-ring (bicyclic) bond motifs is 2. The standard InChI is InChI=1S/C28H20N10O2/c39-27(23-21(29-13-31-23)25-33-15-7-1-2-8-16(15)34-25)37-19-11-5-6-12-20(19)38-28(40)24-22(30-14-32-24)26-35-17-9-3-4-10-18(17)36-26/h1-14H,(H,29,31)(H,30,32)(H,33,34)(H,35,36)(H,37,39)(H,38,40). The average Bonchev–Trinajstić information content (AvgIpc) is 3.77. The van der Waals surface area contributed by atoms with Crippen molar-refractivity contribution >= 4 is 45.3 Å². The highest BCUT2D eigenvalue weighted by molar-refractivity contribution is 6.11. The summed E-state index contributed by atoms with van der Waals surface area (Å²) in [5, 5.41) is 5.72. The molecule has 0 spiro atoms. The third-order valence-electron chi connectivity index (χ3n) is 6.38. The lowest BCUT2D eigenvalue weighted by molar-refractivity contribution is 0.101. The van der Waals surface area contributed by atoms with E-state index in [2.05, 4.69) is 50.5 Å². The minimum atomic E-state index is -0.445. The maximum Gasteiger partial charge on any atom is 0.274 e. The number of hydrogen-bond acceptors (Lipinski definition) is 6. The third kappa shape index (κ3) is 4.05. The van der Waals surface area contributed by atoms with Crippen LogP contribution in [0, 0.1) is 0 Å². The summed E-state index contributed by atoms with van der Waals surface area (Å²) in [6, 6.07) is 22.0. The summed E-state index contributed by atoms with van der Waals surface area (Å²) >= 11 is 0. The molecule has 4 aromatic heterocycles. The van der Waals surface area contributed by atoms with Gasteiger partial charge in [0.1, 0.15) is 22.8 Å². The van der Waals surface area contributed by atoms with Crippen LogP contribution < -0.4 is 10.6 Å². The number of benzene rings is 3. The molecule has 0 saturated heterocycles. The van der Waals surface area contributed by atoms with E-state index in [1.54, 1.807) is 24.3 Å². The van der Waals surface area contributed by atoms with Gasteiger partial charge in [-0.2, -0.15) is 0 Å². The molecular weight excluding hydrogens is 508 g/mol. The number of nitrogens with one attached hydrogen (secondary N) is 6. The molecule has 40 heavy (non-hydrogen) atoms. The van der Waals surface area contributed by atoms with E-state index in [1.165, 1.54) is 12.7 Å². The lowest BCUT2D eigenvalue weighted by Gasteiger charge is -2.12. The molecule has 0 aliphatic rings. The Labute approximate surface area is 225 Å². The van der Waals surface area contributed by atoms with Gasteiger partial charge in [0.2, 0.25) is 0 Å². The maximum absolute atomic E-state index is 13.3. The molecule has 4 heterocycles. The molecule has 0 radical (unpaired) electrons. The minimum absolute atomic E-state index is 0.223. The first-order valence-corrected chi connectivity index (χ1v) is 12.3. The molecule has 7 rings (SSSR count). The van der Waals surface area contributed by atoms with Gasteiger partial charge < -0.3 is 30.6 Å². The summed E-state index contributed by atoms with van der Waals surface area (Å²) in [6.07, 6.45) is 2.87. The quantitative estimate of drug-likeness (QED) is 0.182. The van der Waals surface area contributed by atoms with Crippen molar-refractivity contribution in [2.45, 2.75) is 0 Å². The van der Waals surface area contributed by atoms with E-state index in [-0.39, 0.29) is 11.4 Å². The van der Waals surface area contributed by atoms with E-state index >= 15 is 0 Å². The van der Waals surface area contributed by atoms with E-state index < -0.39 is 11.8 Å². The molecule has 0 aliphatic heterocycles. The van der Waals surface area contributed by atoms with Crippen molar-refractivity contribution in [1.82, 2.24) is 39.9 Å². The van der Waals surface area contributed by atoms with Gasteiger partial charge in [0.05, 0.1) is 46.1 Å². The summed E-state index contributed by atoms with van der Waals surface area (Å²) in [4.78, 5) is 56.5. The number of carbonyl (C=O) groups is 2. The zero-order valence-corrected chi connectivity index (χ0v) is 20.7. The van der Waals surface area contributed by atoms with Crippen molar-refractivity contribution in [3.05, 3.63) is 96.8 Å². The topological polar surface area (TPSA) is 173 Å². The molecule has 3 aromatic carbocycles. The second kappa shape index (κ2) is 9.36. The molecular formula is C28H20N10O2. The number of hydrogen-bond donors (Lipinski definition) is 6. The van der Waals surface area contributed by atoms with Gasteiger partial charge in [0.25, 0.3) is 11.8 Å². The van der Waals surface area contributed by atoms with Crippen LogP contribution in [0.1, 0.15) is 21.0 Å². The van der Waals surface area contributed by atoms with Crippen molar-refractivity contribution in [3.63, 3.8) is 0 Å². The number of aromatic amines is 4. The predicted octanol–water partition coefficient (Wildman–Crippen LogP) is 4.72. The van der Waals surface area contributed by atoms with Crippen LogP contribution in [-0.2, 0) is 0 Å². The Morgan fingerprint density at radius 2 is 1.00 bits per heavy atom. The smallest absolute Gasteiger partial charge is 0.274 e. The summed E-state index contributed by atoms with van der Waals surface area (Å²) in [5.74, 6) is 0.0384. The number of amides is 2. The van der Waals surface area contributed by atoms with Crippen LogP contribution in [0.15, 0.2) is 85.5 Å². The summed E-state index contributed by atoms with van der Waals surface area (Å²) in [7, 11) is 0. The average molecular weight is 529 g/mol. The van der Waals surface area contributed by atoms with Gasteiger partial charge in [-0.1, -0.05) is 36.4 Å². The van der Waals surface area contributed by atoms with Crippen molar-refractivity contribution in [2.75, 3.05) is 10.6 Å². The summed E-state index contributed by atoms with van der Waals surface area (Å²) in [6.45, 7) is 0. The number of carbonyl (C=O) groups excluding carboxylic acids is 2. The number of nitrogens with zero attached hydrogens (tertiary/aromatic N) is 4. The lowest BCUT2D eigenvalue weighted by atomic mass is 10.2. The molecule has 2 amide bonds. The minimum Gasteiger partial charge on any atom is -0.340 e. The number of para-hydroxylation sites is 6. The van der Waals surface area contributed by atoms with Gasteiger partial charge in [0, 0.05) is 0 Å². The van der Waals surface area contributed by atoms with Crippen LogP contribution in [0.5, 0.6) is 0 Å². The molecule has 7 aromatic rings. The largest absolute Gasteiger partial charge is 0.340 e. The number of rotatable bonds is 6. The Hall–Kier alpha value is -6.04. The Morgan fingerprint density at radius 3 is 1.45 bits per heavy atom. The van der Waals surface area contributed by atoms with Crippen LogP contribution in [0.25, 0.3) is 45.1 Å². The molecule has 0 unspecified atom stereocenters. The molecule has 0 aliphatic carbocycles. The number of anilines is 2. The zero-order chi connectivity index (χ0) is 27.1. The number of H-pyrrole nitrogens is 4. The molecule has 0 atom stereocenters. The molecule has 12 heteroatoms. The fourth-order valence-electron chi connectivity index (χ4n) is 4.49. The second-order valence-electron chi connectivity index (χ2n) is 8.91. The Kier molecular flexibility index (Phi) is 5.41. The normalized spacial score (nSPS) is 11.2.